The van der Waals surface area contributed by atoms with Crippen LogP contribution in [0.25, 0.3) is 0 Å². The largest absolute Gasteiger partial charge is 0.488 e. The maximum atomic E-state index is 12.8. The highest BCUT2D eigenvalue weighted by Gasteiger charge is 2.45. The van der Waals surface area contributed by atoms with E-state index >= 15 is 0 Å². The van der Waals surface area contributed by atoms with Gasteiger partial charge in [0.1, 0.15) is 11.4 Å². The highest BCUT2D eigenvalue weighted by molar-refractivity contribution is 5.89. The van der Waals surface area contributed by atoms with Gasteiger partial charge in [-0.25, -0.2) is 0 Å². The second kappa shape index (κ2) is 7.50. The number of carbonyl (C=O) groups excluding carboxylic acids is 1. The van der Waals surface area contributed by atoms with Gasteiger partial charge in [0.15, 0.2) is 5.60 Å². The summed E-state index contributed by atoms with van der Waals surface area (Å²) in [6.07, 6.45) is 2.10. The minimum absolute atomic E-state index is 0.193. The summed E-state index contributed by atoms with van der Waals surface area (Å²) in [5.41, 5.74) is 1.00. The van der Waals surface area contributed by atoms with Crippen LogP contribution in [-0.4, -0.2) is 53.3 Å². The Hall–Kier alpha value is -1.33. The predicted octanol–water partition coefficient (Wildman–Crippen LogP) is 2.76. The van der Waals surface area contributed by atoms with Crippen LogP contribution in [-0.2, 0) is 9.53 Å². The van der Waals surface area contributed by atoms with Crippen LogP contribution < -0.4 is 5.32 Å². The van der Waals surface area contributed by atoms with Gasteiger partial charge in [-0.2, -0.15) is 0 Å². The van der Waals surface area contributed by atoms with Crippen molar-refractivity contribution in [2.75, 3.05) is 26.2 Å². The van der Waals surface area contributed by atoms with Crippen LogP contribution in [0, 0.1) is 0 Å². The van der Waals surface area contributed by atoms with Crippen LogP contribution in [0.15, 0.2) is 22.5 Å². The molecule has 1 aliphatic heterocycles. The van der Waals surface area contributed by atoms with Gasteiger partial charge < -0.3 is 20.1 Å². The number of likely N-dealkylation sites (N-methyl/N-ethyl adjacent to an activating group) is 1. The van der Waals surface area contributed by atoms with Gasteiger partial charge in [0.05, 0.1) is 0 Å². The third-order valence-corrected chi connectivity index (χ3v) is 5.70. The van der Waals surface area contributed by atoms with E-state index in [-0.39, 0.29) is 11.5 Å². The summed E-state index contributed by atoms with van der Waals surface area (Å²) < 4.78 is 6.15. The van der Waals surface area contributed by atoms with E-state index < -0.39 is 5.60 Å². The Kier molecular flexibility index (Phi) is 6.00. The van der Waals surface area contributed by atoms with Crippen molar-refractivity contribution in [3.8, 4) is 0 Å². The van der Waals surface area contributed by atoms with Crippen molar-refractivity contribution in [1.29, 1.82) is 0 Å². The first kappa shape index (κ1) is 20.0. The molecule has 1 amide bonds. The SMILES string of the molecule is CCN(CC)CCNC(=O)C1(O)CC2=C(OC(C)(C)CC2)C(C)=C1C. The number of nitrogens with zero attached hydrogens (tertiary/aromatic N) is 1. The first-order valence-corrected chi connectivity index (χ1v) is 9.47. The maximum Gasteiger partial charge on any atom is 0.256 e. The molecular formula is C20H34N2O3. The lowest BCUT2D eigenvalue weighted by Gasteiger charge is -2.42. The van der Waals surface area contributed by atoms with E-state index in [9.17, 15) is 9.90 Å². The topological polar surface area (TPSA) is 61.8 Å². The molecule has 2 aliphatic rings. The van der Waals surface area contributed by atoms with Gasteiger partial charge in [0, 0.05) is 19.5 Å². The van der Waals surface area contributed by atoms with Gasteiger partial charge in [-0.1, -0.05) is 13.8 Å². The Bertz CT molecular complexity index is 588. The van der Waals surface area contributed by atoms with Crippen LogP contribution >= 0.6 is 0 Å². The molecule has 25 heavy (non-hydrogen) atoms. The number of ether oxygens (including phenoxy) is 1. The van der Waals surface area contributed by atoms with Crippen LogP contribution in [0.3, 0.4) is 0 Å². The summed E-state index contributed by atoms with van der Waals surface area (Å²) in [6.45, 7) is 15.4. The average Bonchev–Trinajstić information content (AvgIpc) is 2.57. The van der Waals surface area contributed by atoms with Gasteiger partial charge in [-0.05, 0) is 70.3 Å². The molecule has 0 spiro atoms. The van der Waals surface area contributed by atoms with Gasteiger partial charge in [0.2, 0.25) is 0 Å². The van der Waals surface area contributed by atoms with Crippen LogP contribution in [0.5, 0.6) is 0 Å². The third-order valence-electron chi connectivity index (χ3n) is 5.70. The first-order chi connectivity index (χ1) is 11.6. The molecule has 2 rings (SSSR count). The number of allylic oxidation sites excluding steroid dienone is 1. The van der Waals surface area contributed by atoms with Crippen LogP contribution in [0.4, 0.5) is 0 Å². The Balaban J connectivity index is 2.12. The summed E-state index contributed by atoms with van der Waals surface area (Å²) in [6, 6.07) is 0. The molecule has 0 aromatic rings. The highest BCUT2D eigenvalue weighted by Crippen LogP contribution is 2.44. The second-order valence-electron chi connectivity index (χ2n) is 7.86. The Morgan fingerprint density at radius 2 is 1.92 bits per heavy atom. The summed E-state index contributed by atoms with van der Waals surface area (Å²) >= 11 is 0. The van der Waals surface area contributed by atoms with Crippen LogP contribution in [0.1, 0.15) is 60.8 Å². The van der Waals surface area contributed by atoms with Crippen molar-refractivity contribution in [2.24, 2.45) is 0 Å². The lowest BCUT2D eigenvalue weighted by atomic mass is 9.75. The number of hydrogen-bond acceptors (Lipinski definition) is 4. The zero-order valence-electron chi connectivity index (χ0n) is 16.7. The summed E-state index contributed by atoms with van der Waals surface area (Å²) in [5, 5.41) is 14.1. The zero-order valence-corrected chi connectivity index (χ0v) is 16.7. The normalized spacial score (nSPS) is 25.8. The minimum Gasteiger partial charge on any atom is -0.488 e. The van der Waals surface area contributed by atoms with Gasteiger partial charge >= 0.3 is 0 Å². The molecule has 1 atom stereocenters. The third kappa shape index (κ3) is 4.09. The molecule has 0 saturated carbocycles. The van der Waals surface area contributed by atoms with E-state index in [1.54, 1.807) is 0 Å². The average molecular weight is 351 g/mol. The van der Waals surface area contributed by atoms with Crippen molar-refractivity contribution >= 4 is 5.91 Å². The second-order valence-corrected chi connectivity index (χ2v) is 7.86. The van der Waals surface area contributed by atoms with Gasteiger partial charge in [-0.3, -0.25) is 4.79 Å². The minimum atomic E-state index is -1.46. The van der Waals surface area contributed by atoms with Gasteiger partial charge in [0.25, 0.3) is 5.91 Å². The standard InChI is InChI=1S/C20H34N2O3/c1-7-22(8-2)12-11-21-18(23)20(24)13-16-9-10-19(5,6)25-17(16)14(3)15(20)4/h24H,7-13H2,1-6H3,(H,21,23). The summed E-state index contributed by atoms with van der Waals surface area (Å²) in [5.74, 6) is 0.585. The zero-order chi connectivity index (χ0) is 18.8. The number of amides is 1. The number of aliphatic hydroxyl groups is 1. The smallest absolute Gasteiger partial charge is 0.256 e. The quantitative estimate of drug-likeness (QED) is 0.773. The lowest BCUT2D eigenvalue weighted by Crippen LogP contribution is -2.51. The number of hydrogen-bond donors (Lipinski definition) is 2. The number of nitrogens with one attached hydrogen (secondary N) is 1. The van der Waals surface area contributed by atoms with E-state index in [0.717, 1.165) is 49.4 Å². The lowest BCUT2D eigenvalue weighted by molar-refractivity contribution is -0.136. The molecular weight excluding hydrogens is 316 g/mol. The van der Waals surface area contributed by atoms with Crippen molar-refractivity contribution in [3.63, 3.8) is 0 Å². The number of carbonyl (C=O) groups is 1. The van der Waals surface area contributed by atoms with Crippen molar-refractivity contribution in [2.45, 2.75) is 72.0 Å². The Morgan fingerprint density at radius 1 is 1.28 bits per heavy atom. The molecule has 142 valence electrons. The van der Waals surface area contributed by atoms with Crippen molar-refractivity contribution < 1.29 is 14.6 Å². The molecule has 1 heterocycles. The maximum absolute atomic E-state index is 12.8. The van der Waals surface area contributed by atoms with Gasteiger partial charge in [-0.15, -0.1) is 0 Å². The molecule has 0 aromatic heterocycles. The fraction of sp³-hybridized carbons (Fsp3) is 0.750. The Labute approximate surface area is 152 Å². The molecule has 0 saturated heterocycles. The van der Waals surface area contributed by atoms with E-state index in [1.165, 1.54) is 0 Å². The molecule has 0 fully saturated rings. The highest BCUT2D eigenvalue weighted by atomic mass is 16.5. The molecule has 0 radical (unpaired) electrons. The fourth-order valence-corrected chi connectivity index (χ4v) is 3.66. The molecule has 5 heteroatoms. The van der Waals surface area contributed by atoms with E-state index in [1.807, 2.05) is 13.8 Å². The Morgan fingerprint density at radius 3 is 2.52 bits per heavy atom. The fourth-order valence-electron chi connectivity index (χ4n) is 3.66. The van der Waals surface area contributed by atoms with Crippen molar-refractivity contribution in [1.82, 2.24) is 10.2 Å². The first-order valence-electron chi connectivity index (χ1n) is 9.47. The van der Waals surface area contributed by atoms with E-state index in [4.69, 9.17) is 4.74 Å². The molecule has 0 aromatic carbocycles. The molecule has 5 nitrogen and oxygen atoms in total. The van der Waals surface area contributed by atoms with E-state index in [2.05, 4.69) is 37.9 Å². The molecule has 1 aliphatic carbocycles. The van der Waals surface area contributed by atoms with E-state index in [0.29, 0.717) is 18.5 Å². The summed E-state index contributed by atoms with van der Waals surface area (Å²) in [4.78, 5) is 15.0. The predicted molar refractivity (Wildman–Crippen MR) is 100 cm³/mol. The van der Waals surface area contributed by atoms with Crippen molar-refractivity contribution in [3.05, 3.63) is 22.5 Å². The number of rotatable bonds is 6. The molecule has 0 bridgehead atoms. The van der Waals surface area contributed by atoms with Crippen LogP contribution in [0.2, 0.25) is 0 Å². The monoisotopic (exact) mass is 350 g/mol. The molecule has 2 N–H and O–H groups in total. The molecule has 1 unspecified atom stereocenters. The summed E-state index contributed by atoms with van der Waals surface area (Å²) in [7, 11) is 0.